The first-order chi connectivity index (χ1) is 3.06. The van der Waals surface area contributed by atoms with Gasteiger partial charge in [-0.25, -0.2) is 0 Å². The molecule has 0 aromatic heterocycles. The molecule has 0 aliphatic heterocycles. The molecule has 0 aromatic rings. The molecule has 44 valence electrons. The molecule has 0 unspecified atom stereocenters. The van der Waals surface area contributed by atoms with E-state index >= 15 is 0 Å². The van der Waals surface area contributed by atoms with Gasteiger partial charge in [-0.2, -0.15) is 0 Å². The number of hydrogen-bond donors (Lipinski definition) is 0. The maximum absolute atomic E-state index is 5.42. The predicted molar refractivity (Wildman–Crippen MR) is 35.0 cm³/mol. The first-order valence-corrected chi connectivity index (χ1v) is 9.85. The molecule has 0 heterocycles. The van der Waals surface area contributed by atoms with Crippen LogP contribution >= 0.6 is 0 Å². The van der Waals surface area contributed by atoms with E-state index in [-0.39, 0.29) is 0 Å². The first-order valence-electron chi connectivity index (χ1n) is 2.70. The second-order valence-corrected chi connectivity index (χ2v) is 12.0. The molecule has 0 bridgehead atoms. The third kappa shape index (κ3) is 6.50. The van der Waals surface area contributed by atoms with Crippen molar-refractivity contribution in [1.82, 2.24) is 0 Å². The molecule has 0 aromatic carbocycles. The van der Waals surface area contributed by atoms with Gasteiger partial charge in [0.25, 0.3) is 0 Å². The summed E-state index contributed by atoms with van der Waals surface area (Å²) in [5.41, 5.74) is 0. The maximum atomic E-state index is 5.42. The minimum atomic E-state index is -1.58. The Balaban J connectivity index is 3.15. The summed E-state index contributed by atoms with van der Waals surface area (Å²) in [6.45, 7) is 2.94. The van der Waals surface area contributed by atoms with Crippen LogP contribution in [0.2, 0.25) is 17.3 Å². The molecule has 0 N–H and O–H groups in total. The van der Waals surface area contributed by atoms with E-state index in [1.807, 2.05) is 0 Å². The van der Waals surface area contributed by atoms with Crippen molar-refractivity contribution in [2.24, 2.45) is 0 Å². The van der Waals surface area contributed by atoms with Crippen LogP contribution in [0.3, 0.4) is 0 Å². The molecule has 1 nitrogen and oxygen atoms in total. The zero-order valence-electron chi connectivity index (χ0n) is 5.62. The quantitative estimate of drug-likeness (QED) is 0.564. The third-order valence-corrected chi connectivity index (χ3v) is 3.00. The summed E-state index contributed by atoms with van der Waals surface area (Å²) in [6.07, 6.45) is 0. The van der Waals surface area contributed by atoms with Gasteiger partial charge in [-0.05, 0) is 0 Å². The van der Waals surface area contributed by atoms with Gasteiger partial charge in [0, 0.05) is 0 Å². The van der Waals surface area contributed by atoms with E-state index in [1.165, 1.54) is 0 Å². The van der Waals surface area contributed by atoms with Crippen molar-refractivity contribution in [3.8, 4) is 0 Å². The first kappa shape index (κ1) is 7.50. The van der Waals surface area contributed by atoms with Crippen molar-refractivity contribution in [3.63, 3.8) is 0 Å². The molecule has 0 spiro atoms. The summed E-state index contributed by atoms with van der Waals surface area (Å²) in [5.74, 6) is 6.72. The zero-order valence-corrected chi connectivity index (χ0v) is 7.71. The Kier molecular flexibility index (Phi) is 2.92. The molecule has 7 heavy (non-hydrogen) atoms. The molecule has 0 saturated carbocycles. The SMILES string of the molecule is CC[O][Ge]([CH3])([CH3])[CH3]. The Morgan fingerprint density at radius 3 is 1.71 bits per heavy atom. The van der Waals surface area contributed by atoms with Gasteiger partial charge >= 0.3 is 48.2 Å². The fourth-order valence-electron chi connectivity index (χ4n) is 0.433. The van der Waals surface area contributed by atoms with E-state index in [0.29, 0.717) is 0 Å². The van der Waals surface area contributed by atoms with Crippen LogP contribution in [0.5, 0.6) is 0 Å². The van der Waals surface area contributed by atoms with Crippen LogP contribution in [0, 0.1) is 0 Å². The van der Waals surface area contributed by atoms with Crippen molar-refractivity contribution >= 4 is 13.6 Å². The Morgan fingerprint density at radius 2 is 1.71 bits per heavy atom. The molecule has 0 amide bonds. The zero-order chi connectivity index (χ0) is 5.91. The van der Waals surface area contributed by atoms with Gasteiger partial charge in [0.05, 0.1) is 0 Å². The van der Waals surface area contributed by atoms with Crippen LogP contribution < -0.4 is 0 Å². The van der Waals surface area contributed by atoms with Crippen LogP contribution in [-0.4, -0.2) is 20.2 Å². The molecule has 2 heteroatoms. The van der Waals surface area contributed by atoms with Crippen LogP contribution in [0.25, 0.3) is 0 Å². The van der Waals surface area contributed by atoms with Gasteiger partial charge in [0.2, 0.25) is 0 Å². The third-order valence-electron chi connectivity index (χ3n) is 0.577. The van der Waals surface area contributed by atoms with Crippen molar-refractivity contribution in [1.29, 1.82) is 0 Å². The summed E-state index contributed by atoms with van der Waals surface area (Å²) < 4.78 is 5.42. The molecule has 0 saturated heterocycles. The van der Waals surface area contributed by atoms with Gasteiger partial charge in [-0.1, -0.05) is 0 Å². The van der Waals surface area contributed by atoms with E-state index < -0.39 is 13.6 Å². The molecule has 0 atom stereocenters. The molecule has 0 rings (SSSR count). The molecular weight excluding hydrogens is 149 g/mol. The monoisotopic (exact) mass is 164 g/mol. The fraction of sp³-hybridized carbons (Fsp3) is 1.00. The fourth-order valence-corrected chi connectivity index (χ4v) is 2.25. The minimum absolute atomic E-state index is 0.892. The van der Waals surface area contributed by atoms with Gasteiger partial charge in [0.15, 0.2) is 0 Å². The van der Waals surface area contributed by atoms with Crippen molar-refractivity contribution in [2.45, 2.75) is 24.2 Å². The summed E-state index contributed by atoms with van der Waals surface area (Å²) >= 11 is -1.58. The van der Waals surface area contributed by atoms with Gasteiger partial charge in [0.1, 0.15) is 0 Å². The van der Waals surface area contributed by atoms with Crippen LogP contribution in [0.15, 0.2) is 0 Å². The average molecular weight is 163 g/mol. The number of hydrogen-bond acceptors (Lipinski definition) is 1. The standard InChI is InChI=1S/C5H14GeO/c1-5-7-6(2,3)4/h5H2,1-4H3. The van der Waals surface area contributed by atoms with Crippen molar-refractivity contribution in [3.05, 3.63) is 0 Å². The van der Waals surface area contributed by atoms with E-state index in [2.05, 4.69) is 24.2 Å². The Morgan fingerprint density at radius 1 is 1.29 bits per heavy atom. The molecular formula is C5H14GeO. The molecule has 0 radical (unpaired) electrons. The summed E-state index contributed by atoms with van der Waals surface area (Å²) in [4.78, 5) is 0. The van der Waals surface area contributed by atoms with Gasteiger partial charge in [-0.3, -0.25) is 0 Å². The van der Waals surface area contributed by atoms with Gasteiger partial charge in [-0.15, -0.1) is 0 Å². The second kappa shape index (κ2) is 2.72. The van der Waals surface area contributed by atoms with Crippen molar-refractivity contribution < 1.29 is 3.76 Å². The normalized spacial score (nSPS) is 12.0. The van der Waals surface area contributed by atoms with E-state index in [4.69, 9.17) is 3.76 Å². The molecule has 0 aliphatic carbocycles. The van der Waals surface area contributed by atoms with E-state index in [1.54, 1.807) is 0 Å². The van der Waals surface area contributed by atoms with Crippen LogP contribution in [-0.2, 0) is 3.76 Å². The summed E-state index contributed by atoms with van der Waals surface area (Å²) in [7, 11) is 0. The van der Waals surface area contributed by atoms with Crippen LogP contribution in [0.4, 0.5) is 0 Å². The number of rotatable bonds is 2. The van der Waals surface area contributed by atoms with Gasteiger partial charge < -0.3 is 0 Å². The Bertz CT molecular complexity index is 46.5. The second-order valence-electron chi connectivity index (χ2n) is 2.55. The molecule has 0 aliphatic rings. The van der Waals surface area contributed by atoms with E-state index in [9.17, 15) is 0 Å². The Labute approximate surface area is 48.8 Å². The summed E-state index contributed by atoms with van der Waals surface area (Å²) in [6, 6.07) is 0. The van der Waals surface area contributed by atoms with Crippen molar-refractivity contribution in [2.75, 3.05) is 6.61 Å². The summed E-state index contributed by atoms with van der Waals surface area (Å²) in [5, 5.41) is 0. The average Bonchev–Trinajstić information content (AvgIpc) is 1.30. The Hall–Kier alpha value is 0.503. The molecule has 0 fully saturated rings. The topological polar surface area (TPSA) is 9.23 Å². The predicted octanol–water partition coefficient (Wildman–Crippen LogP) is 1.86. The van der Waals surface area contributed by atoms with E-state index in [0.717, 1.165) is 6.61 Å². The van der Waals surface area contributed by atoms with Crippen LogP contribution in [0.1, 0.15) is 6.92 Å².